The molecule has 1 aromatic carbocycles. The molecule has 0 spiro atoms. The molecule has 0 atom stereocenters. The van der Waals surface area contributed by atoms with Crippen LogP contribution in [0, 0.1) is 5.82 Å². The zero-order valence-electron chi connectivity index (χ0n) is 9.05. The maximum atomic E-state index is 13.4. The second-order valence-corrected chi connectivity index (χ2v) is 3.25. The van der Waals surface area contributed by atoms with Crippen molar-refractivity contribution in [1.82, 2.24) is 9.97 Å². The molecule has 0 saturated carbocycles. The molecular formula is C12H9FN2O2. The lowest BCUT2D eigenvalue weighted by atomic mass is 10.1. The summed E-state index contributed by atoms with van der Waals surface area (Å²) < 4.78 is 18.2. The van der Waals surface area contributed by atoms with Crippen LogP contribution in [0.3, 0.4) is 0 Å². The molecule has 0 radical (unpaired) electrons. The van der Waals surface area contributed by atoms with E-state index in [1.165, 1.54) is 31.6 Å². The van der Waals surface area contributed by atoms with Crippen LogP contribution in [0.5, 0.6) is 5.75 Å². The van der Waals surface area contributed by atoms with Crippen molar-refractivity contribution >= 4 is 5.78 Å². The van der Waals surface area contributed by atoms with Crippen LogP contribution in [-0.4, -0.2) is 22.9 Å². The van der Waals surface area contributed by atoms with Crippen molar-refractivity contribution in [3.05, 3.63) is 53.9 Å². The van der Waals surface area contributed by atoms with Crippen molar-refractivity contribution < 1.29 is 13.9 Å². The first-order valence-electron chi connectivity index (χ1n) is 4.87. The predicted molar refractivity (Wildman–Crippen MR) is 58.4 cm³/mol. The Morgan fingerprint density at radius 3 is 2.59 bits per heavy atom. The fraction of sp³-hybridized carbons (Fsp3) is 0.0833. The van der Waals surface area contributed by atoms with Crippen molar-refractivity contribution in [2.45, 2.75) is 0 Å². The zero-order valence-corrected chi connectivity index (χ0v) is 9.05. The van der Waals surface area contributed by atoms with Crippen LogP contribution in [0.4, 0.5) is 4.39 Å². The van der Waals surface area contributed by atoms with E-state index >= 15 is 0 Å². The number of ether oxygens (including phenoxy) is 1. The Kier molecular flexibility index (Phi) is 3.09. The molecule has 0 N–H and O–H groups in total. The number of hydrogen-bond acceptors (Lipinski definition) is 4. The zero-order chi connectivity index (χ0) is 12.3. The van der Waals surface area contributed by atoms with Gasteiger partial charge >= 0.3 is 0 Å². The third-order valence-corrected chi connectivity index (χ3v) is 2.18. The van der Waals surface area contributed by atoms with E-state index in [1.807, 2.05) is 0 Å². The standard InChI is InChI=1S/C12H9FN2O2/c1-17-10-4-3-8(7-9(10)13)11(16)12-14-5-2-6-15-12/h2-7H,1H3. The Labute approximate surface area is 97.1 Å². The first-order valence-corrected chi connectivity index (χ1v) is 4.87. The molecule has 0 fully saturated rings. The minimum Gasteiger partial charge on any atom is -0.494 e. The largest absolute Gasteiger partial charge is 0.494 e. The van der Waals surface area contributed by atoms with Gasteiger partial charge in [-0.3, -0.25) is 4.79 Å². The van der Waals surface area contributed by atoms with Crippen LogP contribution in [0.15, 0.2) is 36.7 Å². The van der Waals surface area contributed by atoms with E-state index in [0.717, 1.165) is 6.07 Å². The first kappa shape index (κ1) is 11.2. The Morgan fingerprint density at radius 1 is 1.29 bits per heavy atom. The molecule has 0 aliphatic rings. The molecule has 0 unspecified atom stereocenters. The first-order chi connectivity index (χ1) is 8.22. The molecule has 0 bridgehead atoms. The highest BCUT2D eigenvalue weighted by molar-refractivity contribution is 6.06. The van der Waals surface area contributed by atoms with Gasteiger partial charge in [0.15, 0.2) is 11.6 Å². The summed E-state index contributed by atoms with van der Waals surface area (Å²) in [5.41, 5.74) is 0.189. The number of hydrogen-bond donors (Lipinski definition) is 0. The van der Waals surface area contributed by atoms with Gasteiger partial charge in [0.05, 0.1) is 7.11 Å². The van der Waals surface area contributed by atoms with Gasteiger partial charge in [-0.1, -0.05) is 0 Å². The lowest BCUT2D eigenvalue weighted by Gasteiger charge is -2.03. The number of carbonyl (C=O) groups excluding carboxylic acids is 1. The van der Waals surface area contributed by atoms with E-state index in [2.05, 4.69) is 9.97 Å². The maximum absolute atomic E-state index is 13.4. The number of carbonyl (C=O) groups is 1. The average Bonchev–Trinajstić information content (AvgIpc) is 2.39. The molecule has 86 valence electrons. The van der Waals surface area contributed by atoms with Crippen molar-refractivity contribution in [3.63, 3.8) is 0 Å². The number of benzene rings is 1. The third kappa shape index (κ3) is 2.28. The summed E-state index contributed by atoms with van der Waals surface area (Å²) >= 11 is 0. The molecule has 0 aliphatic heterocycles. The molecule has 0 amide bonds. The molecule has 0 aliphatic carbocycles. The fourth-order valence-electron chi connectivity index (χ4n) is 1.35. The Bertz CT molecular complexity index is 543. The Morgan fingerprint density at radius 2 is 2.00 bits per heavy atom. The molecule has 1 heterocycles. The number of rotatable bonds is 3. The molecule has 4 nitrogen and oxygen atoms in total. The summed E-state index contributed by atoms with van der Waals surface area (Å²) in [6.07, 6.45) is 2.92. The number of methoxy groups -OCH3 is 1. The smallest absolute Gasteiger partial charge is 0.230 e. The average molecular weight is 232 g/mol. The van der Waals surface area contributed by atoms with Gasteiger partial charge in [-0.2, -0.15) is 0 Å². The normalized spacial score (nSPS) is 10.0. The molecule has 17 heavy (non-hydrogen) atoms. The fourth-order valence-corrected chi connectivity index (χ4v) is 1.35. The minimum atomic E-state index is -0.589. The van der Waals surface area contributed by atoms with Crippen LogP contribution in [0.1, 0.15) is 16.2 Å². The molecule has 0 saturated heterocycles. The van der Waals surface area contributed by atoms with Gasteiger partial charge in [-0.25, -0.2) is 14.4 Å². The van der Waals surface area contributed by atoms with Crippen molar-refractivity contribution in [2.75, 3.05) is 7.11 Å². The summed E-state index contributed by atoms with van der Waals surface area (Å²) in [4.78, 5) is 19.5. The molecule has 5 heteroatoms. The molecule has 1 aromatic heterocycles. The van der Waals surface area contributed by atoms with Crippen LogP contribution in [-0.2, 0) is 0 Å². The van der Waals surface area contributed by atoms with Crippen LogP contribution >= 0.6 is 0 Å². The van der Waals surface area contributed by atoms with Gasteiger partial charge in [0.2, 0.25) is 11.6 Å². The number of ketones is 1. The van der Waals surface area contributed by atoms with E-state index in [1.54, 1.807) is 6.07 Å². The molecular weight excluding hydrogens is 223 g/mol. The summed E-state index contributed by atoms with van der Waals surface area (Å²) in [5, 5.41) is 0. The van der Waals surface area contributed by atoms with Gasteiger partial charge in [0, 0.05) is 18.0 Å². The van der Waals surface area contributed by atoms with Crippen molar-refractivity contribution in [3.8, 4) is 5.75 Å². The van der Waals surface area contributed by atoms with Crippen LogP contribution in [0.2, 0.25) is 0 Å². The van der Waals surface area contributed by atoms with Crippen molar-refractivity contribution in [2.24, 2.45) is 0 Å². The van der Waals surface area contributed by atoms with Gasteiger partial charge in [-0.05, 0) is 24.3 Å². The van der Waals surface area contributed by atoms with E-state index < -0.39 is 11.6 Å². The predicted octanol–water partition coefficient (Wildman–Crippen LogP) is 1.86. The van der Waals surface area contributed by atoms with Crippen LogP contribution < -0.4 is 4.74 Å². The van der Waals surface area contributed by atoms with E-state index in [0.29, 0.717) is 0 Å². The lowest BCUT2D eigenvalue weighted by molar-refractivity contribution is 0.102. The van der Waals surface area contributed by atoms with Gasteiger partial charge in [0.25, 0.3) is 0 Å². The monoisotopic (exact) mass is 232 g/mol. The summed E-state index contributed by atoms with van der Waals surface area (Å²) in [6.45, 7) is 0. The van der Waals surface area contributed by atoms with Crippen LogP contribution in [0.25, 0.3) is 0 Å². The second-order valence-electron chi connectivity index (χ2n) is 3.25. The highest BCUT2D eigenvalue weighted by Gasteiger charge is 2.14. The Hall–Kier alpha value is -2.30. The topological polar surface area (TPSA) is 52.1 Å². The van der Waals surface area contributed by atoms with E-state index in [4.69, 9.17) is 4.74 Å². The third-order valence-electron chi connectivity index (χ3n) is 2.18. The molecule has 2 rings (SSSR count). The van der Waals surface area contributed by atoms with E-state index in [-0.39, 0.29) is 17.1 Å². The number of nitrogens with zero attached hydrogens (tertiary/aromatic N) is 2. The van der Waals surface area contributed by atoms with Gasteiger partial charge in [-0.15, -0.1) is 0 Å². The lowest BCUT2D eigenvalue weighted by Crippen LogP contribution is -2.06. The quantitative estimate of drug-likeness (QED) is 0.758. The highest BCUT2D eigenvalue weighted by Crippen LogP contribution is 2.18. The highest BCUT2D eigenvalue weighted by atomic mass is 19.1. The van der Waals surface area contributed by atoms with Crippen molar-refractivity contribution in [1.29, 1.82) is 0 Å². The maximum Gasteiger partial charge on any atom is 0.230 e. The number of halogens is 1. The minimum absolute atomic E-state index is 0.0390. The Balaban J connectivity index is 2.35. The molecule has 2 aromatic rings. The van der Waals surface area contributed by atoms with E-state index in [9.17, 15) is 9.18 Å². The number of aromatic nitrogens is 2. The summed E-state index contributed by atoms with van der Waals surface area (Å²) in [6, 6.07) is 5.58. The SMILES string of the molecule is COc1ccc(C(=O)c2ncccn2)cc1F. The summed E-state index contributed by atoms with van der Waals surface area (Å²) in [5.74, 6) is -0.881. The summed E-state index contributed by atoms with van der Waals surface area (Å²) in [7, 11) is 1.36. The second kappa shape index (κ2) is 4.69. The van der Waals surface area contributed by atoms with Gasteiger partial charge in [0.1, 0.15) is 0 Å². The van der Waals surface area contributed by atoms with Gasteiger partial charge < -0.3 is 4.74 Å².